The van der Waals surface area contributed by atoms with Gasteiger partial charge in [-0.05, 0) is 60.7 Å². The van der Waals surface area contributed by atoms with Gasteiger partial charge in [-0.25, -0.2) is 4.98 Å². The Kier molecular flexibility index (Phi) is 6.87. The number of thiazole rings is 1. The number of hydrogen-bond acceptors (Lipinski definition) is 5. The summed E-state index contributed by atoms with van der Waals surface area (Å²) < 4.78 is 11.9. The largest absolute Gasteiger partial charge is 0.497 e. The topological polar surface area (TPSA) is 60.5 Å². The van der Waals surface area contributed by atoms with Gasteiger partial charge >= 0.3 is 0 Å². The number of fused-ring (bicyclic) bond motifs is 1. The van der Waals surface area contributed by atoms with Gasteiger partial charge in [-0.1, -0.05) is 31.3 Å². The third-order valence-corrected chi connectivity index (χ3v) is 5.65. The minimum absolute atomic E-state index is 0.0421. The lowest BCUT2D eigenvalue weighted by Gasteiger charge is -2.07. The van der Waals surface area contributed by atoms with Crippen LogP contribution in [0.25, 0.3) is 10.2 Å². The van der Waals surface area contributed by atoms with Crippen LogP contribution in [0.1, 0.15) is 44.6 Å². The van der Waals surface area contributed by atoms with Crippen LogP contribution >= 0.6 is 11.3 Å². The van der Waals surface area contributed by atoms with Gasteiger partial charge in [0.1, 0.15) is 11.5 Å². The number of benzene rings is 2. The normalized spacial score (nSPS) is 12.0. The van der Waals surface area contributed by atoms with E-state index in [9.17, 15) is 4.79 Å². The van der Waals surface area contributed by atoms with Crippen LogP contribution in [-0.4, -0.2) is 24.6 Å². The zero-order chi connectivity index (χ0) is 19.9. The van der Waals surface area contributed by atoms with Crippen molar-refractivity contribution in [1.29, 1.82) is 0 Å². The molecule has 1 atom stereocenters. The van der Waals surface area contributed by atoms with E-state index in [2.05, 4.69) is 36.3 Å². The Hall–Kier alpha value is -2.60. The van der Waals surface area contributed by atoms with E-state index in [1.807, 2.05) is 30.3 Å². The quantitative estimate of drug-likeness (QED) is 0.476. The molecule has 1 unspecified atom stereocenters. The number of carbonyl (C=O) groups is 1. The van der Waals surface area contributed by atoms with E-state index < -0.39 is 0 Å². The van der Waals surface area contributed by atoms with Crippen LogP contribution in [0.4, 0.5) is 5.13 Å². The third-order valence-electron chi connectivity index (χ3n) is 4.72. The summed E-state index contributed by atoms with van der Waals surface area (Å²) >= 11 is 1.52. The molecule has 6 heteroatoms. The SMILES string of the molecule is CCC(C)c1ccc2nc(NC(=O)CCCOc3ccc(OC)cc3)sc2c1. The summed E-state index contributed by atoms with van der Waals surface area (Å²) in [6.07, 6.45) is 2.14. The lowest BCUT2D eigenvalue weighted by molar-refractivity contribution is -0.116. The average Bonchev–Trinajstić information content (AvgIpc) is 3.12. The number of nitrogens with one attached hydrogen (secondary N) is 1. The van der Waals surface area contributed by atoms with E-state index in [0.29, 0.717) is 30.5 Å². The molecule has 1 aromatic heterocycles. The van der Waals surface area contributed by atoms with Crippen molar-refractivity contribution < 1.29 is 14.3 Å². The number of rotatable bonds is 9. The number of aromatic nitrogens is 1. The van der Waals surface area contributed by atoms with Crippen molar-refractivity contribution in [3.63, 3.8) is 0 Å². The first-order valence-electron chi connectivity index (χ1n) is 9.56. The molecule has 0 aliphatic rings. The molecule has 0 aliphatic carbocycles. The van der Waals surface area contributed by atoms with Crippen molar-refractivity contribution >= 4 is 32.6 Å². The summed E-state index contributed by atoms with van der Waals surface area (Å²) in [5.74, 6) is 2.04. The molecule has 2 aromatic carbocycles. The highest BCUT2D eigenvalue weighted by molar-refractivity contribution is 7.22. The first-order valence-corrected chi connectivity index (χ1v) is 10.4. The van der Waals surface area contributed by atoms with Crippen LogP contribution < -0.4 is 14.8 Å². The minimum Gasteiger partial charge on any atom is -0.497 e. The molecular formula is C22H26N2O3S. The van der Waals surface area contributed by atoms with Crippen molar-refractivity contribution in [1.82, 2.24) is 4.98 Å². The van der Waals surface area contributed by atoms with Gasteiger partial charge in [0.2, 0.25) is 5.91 Å². The van der Waals surface area contributed by atoms with Crippen LogP contribution in [-0.2, 0) is 4.79 Å². The summed E-state index contributed by atoms with van der Waals surface area (Å²) in [6.45, 7) is 4.89. The second-order valence-electron chi connectivity index (χ2n) is 6.73. The van der Waals surface area contributed by atoms with Crippen molar-refractivity contribution in [2.45, 2.75) is 39.0 Å². The van der Waals surface area contributed by atoms with Crippen molar-refractivity contribution in [3.8, 4) is 11.5 Å². The fourth-order valence-electron chi connectivity index (χ4n) is 2.81. The third kappa shape index (κ3) is 5.23. The Bertz CT molecular complexity index is 921. The fraction of sp³-hybridized carbons (Fsp3) is 0.364. The van der Waals surface area contributed by atoms with Crippen LogP contribution in [0.15, 0.2) is 42.5 Å². The van der Waals surface area contributed by atoms with Gasteiger partial charge < -0.3 is 14.8 Å². The standard InChI is InChI=1S/C22H26N2O3S/c1-4-15(2)16-7-12-19-20(14-16)28-22(23-19)24-21(25)6-5-13-27-18-10-8-17(26-3)9-11-18/h7-12,14-15H,4-6,13H2,1-3H3,(H,23,24,25). The lowest BCUT2D eigenvalue weighted by Crippen LogP contribution is -2.12. The first-order chi connectivity index (χ1) is 13.6. The Morgan fingerprint density at radius 3 is 2.64 bits per heavy atom. The number of amides is 1. The van der Waals surface area contributed by atoms with E-state index in [0.717, 1.165) is 28.1 Å². The van der Waals surface area contributed by atoms with Gasteiger partial charge in [-0.15, -0.1) is 0 Å². The van der Waals surface area contributed by atoms with Crippen LogP contribution in [0.2, 0.25) is 0 Å². The van der Waals surface area contributed by atoms with Crippen LogP contribution in [0.3, 0.4) is 0 Å². The molecule has 1 N–H and O–H groups in total. The molecule has 0 saturated heterocycles. The van der Waals surface area contributed by atoms with E-state index in [-0.39, 0.29) is 5.91 Å². The number of hydrogen-bond donors (Lipinski definition) is 1. The second kappa shape index (κ2) is 9.55. The van der Waals surface area contributed by atoms with Gasteiger partial charge in [-0.3, -0.25) is 4.79 Å². The Balaban J connectivity index is 1.47. The smallest absolute Gasteiger partial charge is 0.226 e. The Labute approximate surface area is 169 Å². The molecule has 28 heavy (non-hydrogen) atoms. The summed E-state index contributed by atoms with van der Waals surface area (Å²) in [5.41, 5.74) is 2.24. The average molecular weight is 399 g/mol. The highest BCUT2D eigenvalue weighted by Crippen LogP contribution is 2.30. The Morgan fingerprint density at radius 2 is 1.93 bits per heavy atom. The monoisotopic (exact) mass is 398 g/mol. The van der Waals surface area contributed by atoms with Gasteiger partial charge in [0.15, 0.2) is 5.13 Å². The molecule has 0 spiro atoms. The van der Waals surface area contributed by atoms with Gasteiger partial charge in [-0.2, -0.15) is 0 Å². The maximum absolute atomic E-state index is 12.2. The van der Waals surface area contributed by atoms with Gasteiger partial charge in [0.25, 0.3) is 0 Å². The zero-order valence-electron chi connectivity index (χ0n) is 16.5. The van der Waals surface area contributed by atoms with E-state index in [1.165, 1.54) is 16.9 Å². The predicted molar refractivity (Wildman–Crippen MR) is 115 cm³/mol. The molecule has 0 bridgehead atoms. The molecule has 0 saturated carbocycles. The van der Waals surface area contributed by atoms with E-state index >= 15 is 0 Å². The van der Waals surface area contributed by atoms with E-state index in [4.69, 9.17) is 9.47 Å². The van der Waals surface area contributed by atoms with Gasteiger partial charge in [0.05, 0.1) is 23.9 Å². The van der Waals surface area contributed by atoms with Crippen molar-refractivity contribution in [2.24, 2.45) is 0 Å². The molecular weight excluding hydrogens is 372 g/mol. The van der Waals surface area contributed by atoms with Crippen molar-refractivity contribution in [3.05, 3.63) is 48.0 Å². The molecule has 0 fully saturated rings. The Morgan fingerprint density at radius 1 is 1.18 bits per heavy atom. The molecule has 3 rings (SSSR count). The predicted octanol–water partition coefficient (Wildman–Crippen LogP) is 5.62. The van der Waals surface area contributed by atoms with E-state index in [1.54, 1.807) is 7.11 Å². The fourth-order valence-corrected chi connectivity index (χ4v) is 3.74. The molecule has 3 aromatic rings. The first kappa shape index (κ1) is 20.1. The zero-order valence-corrected chi connectivity index (χ0v) is 17.3. The number of methoxy groups -OCH3 is 1. The number of carbonyl (C=O) groups excluding carboxylic acids is 1. The number of nitrogens with zero attached hydrogens (tertiary/aromatic N) is 1. The van der Waals surface area contributed by atoms with Crippen molar-refractivity contribution in [2.75, 3.05) is 19.0 Å². The lowest BCUT2D eigenvalue weighted by atomic mass is 9.99. The maximum atomic E-state index is 12.2. The molecule has 5 nitrogen and oxygen atoms in total. The summed E-state index contributed by atoms with van der Waals surface area (Å²) in [5, 5.41) is 3.55. The summed E-state index contributed by atoms with van der Waals surface area (Å²) in [7, 11) is 1.63. The van der Waals surface area contributed by atoms with Crippen LogP contribution in [0, 0.1) is 0 Å². The second-order valence-corrected chi connectivity index (χ2v) is 7.76. The molecule has 148 valence electrons. The molecule has 0 aliphatic heterocycles. The molecule has 1 amide bonds. The number of ether oxygens (including phenoxy) is 2. The maximum Gasteiger partial charge on any atom is 0.226 e. The van der Waals surface area contributed by atoms with Gasteiger partial charge in [0, 0.05) is 6.42 Å². The molecule has 1 heterocycles. The highest BCUT2D eigenvalue weighted by Gasteiger charge is 2.10. The number of anilines is 1. The molecule has 0 radical (unpaired) electrons. The van der Waals surface area contributed by atoms with Crippen LogP contribution in [0.5, 0.6) is 11.5 Å². The minimum atomic E-state index is -0.0421. The summed E-state index contributed by atoms with van der Waals surface area (Å²) in [6, 6.07) is 13.7. The highest BCUT2D eigenvalue weighted by atomic mass is 32.1. The summed E-state index contributed by atoms with van der Waals surface area (Å²) in [4.78, 5) is 16.7.